The van der Waals surface area contributed by atoms with Gasteiger partial charge < -0.3 is 4.55 Å². The second-order valence-electron chi connectivity index (χ2n) is 4.58. The van der Waals surface area contributed by atoms with Crippen molar-refractivity contribution in [3.8, 4) is 0 Å². The number of alkyl halides is 3. The van der Waals surface area contributed by atoms with Crippen LogP contribution < -0.4 is 4.57 Å². The van der Waals surface area contributed by atoms with Gasteiger partial charge in [0.05, 0.1) is 14.1 Å². The zero-order valence-electron chi connectivity index (χ0n) is 12.4. The molecule has 0 bridgehead atoms. The van der Waals surface area contributed by atoms with Crippen LogP contribution in [-0.2, 0) is 24.2 Å². The number of imidazole rings is 1. The quantitative estimate of drug-likeness (QED) is 0.342. The topological polar surface area (TPSA) is 83.1 Å². The molecule has 11 heteroatoms. The zero-order chi connectivity index (χ0) is 18.7. The van der Waals surface area contributed by atoms with Crippen molar-refractivity contribution in [2.45, 2.75) is 5.51 Å². The number of halogens is 4. The molecule has 0 atom stereocenters. The monoisotopic (exact) mass is 384 g/mol. The normalized spacial score (nSPS) is 11.6. The van der Waals surface area contributed by atoms with E-state index in [9.17, 15) is 18.0 Å². The minimum atomic E-state index is -6.09. The van der Waals surface area contributed by atoms with Crippen LogP contribution in [0.5, 0.6) is 0 Å². The Morgan fingerprint density at radius 3 is 2.04 bits per heavy atom. The fraction of sp³-hybridized carbons (Fsp3) is 0.231. The molecule has 6 nitrogen and oxygen atoms in total. The lowest BCUT2D eigenvalue weighted by Gasteiger charge is -2.08. The molecule has 1 heterocycles. The Morgan fingerprint density at radius 1 is 1.25 bits per heavy atom. The molecular weight excluding hydrogens is 373 g/mol. The van der Waals surface area contributed by atoms with Crippen LogP contribution in [0.4, 0.5) is 13.2 Å². The highest BCUT2D eigenvalue weighted by Crippen LogP contribution is 2.20. The van der Waals surface area contributed by atoms with E-state index in [4.69, 9.17) is 24.6 Å². The lowest BCUT2D eigenvalue weighted by molar-refractivity contribution is -0.672. The van der Waals surface area contributed by atoms with Gasteiger partial charge in [-0.05, 0) is 24.3 Å². The summed E-state index contributed by atoms with van der Waals surface area (Å²) in [7, 11) is -2.39. The van der Waals surface area contributed by atoms with Crippen LogP contribution in [-0.4, -0.2) is 28.8 Å². The van der Waals surface area contributed by atoms with E-state index in [0.29, 0.717) is 16.4 Å². The highest BCUT2D eigenvalue weighted by molar-refractivity contribution is 7.86. The van der Waals surface area contributed by atoms with E-state index in [1.54, 1.807) is 33.4 Å². The van der Waals surface area contributed by atoms with Crippen LogP contribution in [0.1, 0.15) is 16.2 Å². The van der Waals surface area contributed by atoms with Crippen molar-refractivity contribution in [3.63, 3.8) is 0 Å². The van der Waals surface area contributed by atoms with E-state index in [0.717, 1.165) is 0 Å². The SMILES string of the molecule is Cn1cc[n+](C)c1C(=O)c1ccc(Cl)cc1.O=S(=O)([O-])C(F)(F)F. The molecule has 0 aliphatic carbocycles. The van der Waals surface area contributed by atoms with Crippen molar-refractivity contribution >= 4 is 27.5 Å². The van der Waals surface area contributed by atoms with Gasteiger partial charge in [-0.1, -0.05) is 11.6 Å². The third-order valence-electron chi connectivity index (χ3n) is 2.78. The van der Waals surface area contributed by atoms with Crippen LogP contribution in [0, 0.1) is 0 Å². The van der Waals surface area contributed by atoms with Crippen molar-refractivity contribution in [1.29, 1.82) is 0 Å². The molecule has 1 aromatic carbocycles. The third-order valence-corrected chi connectivity index (χ3v) is 3.59. The molecule has 0 fully saturated rings. The van der Waals surface area contributed by atoms with Gasteiger partial charge in [0, 0.05) is 10.6 Å². The standard InChI is InChI=1S/C12H12ClN2O.CHF3O3S/c1-14-7-8-15(2)12(14)11(16)9-3-5-10(13)6-4-9;2-1(3,4)8(5,6)7/h3-8H,1-2H3;(H,5,6,7)/q+1;/p-1. The molecule has 1 aromatic heterocycles. The maximum Gasteiger partial charge on any atom is 0.485 e. The third kappa shape index (κ3) is 5.05. The first-order valence-electron chi connectivity index (χ1n) is 6.18. The van der Waals surface area contributed by atoms with Gasteiger partial charge in [-0.2, -0.15) is 13.2 Å². The summed E-state index contributed by atoms with van der Waals surface area (Å²) in [5.74, 6) is 0.633. The molecule has 2 rings (SSSR count). The van der Waals surface area contributed by atoms with E-state index in [1.165, 1.54) is 0 Å². The summed E-state index contributed by atoms with van der Waals surface area (Å²) in [4.78, 5) is 12.2. The number of hydrogen-bond donors (Lipinski definition) is 0. The summed E-state index contributed by atoms with van der Waals surface area (Å²) >= 11 is 5.78. The Hall–Kier alpha value is -1.91. The van der Waals surface area contributed by atoms with Crippen molar-refractivity contribution in [2.75, 3.05) is 0 Å². The van der Waals surface area contributed by atoms with E-state index in [-0.39, 0.29) is 5.78 Å². The molecule has 0 radical (unpaired) electrons. The lowest BCUT2D eigenvalue weighted by Crippen LogP contribution is -2.35. The highest BCUT2D eigenvalue weighted by Gasteiger charge is 2.36. The predicted molar refractivity (Wildman–Crippen MR) is 77.2 cm³/mol. The molecule has 0 saturated carbocycles. The largest absolute Gasteiger partial charge is 0.741 e. The fourth-order valence-electron chi connectivity index (χ4n) is 1.64. The zero-order valence-corrected chi connectivity index (χ0v) is 14.0. The van der Waals surface area contributed by atoms with E-state index in [1.807, 2.05) is 26.5 Å². The number of nitrogens with zero attached hydrogens (tertiary/aromatic N) is 2. The van der Waals surface area contributed by atoms with Gasteiger partial charge in [0.25, 0.3) is 5.78 Å². The minimum Gasteiger partial charge on any atom is -0.741 e. The maximum absolute atomic E-state index is 12.2. The molecule has 2 aromatic rings. The van der Waals surface area contributed by atoms with Gasteiger partial charge in [0.2, 0.25) is 0 Å². The number of rotatable bonds is 2. The molecule has 0 spiro atoms. The molecule has 132 valence electrons. The summed E-state index contributed by atoms with van der Waals surface area (Å²) in [6.07, 6.45) is 3.70. The Labute approximate surface area is 140 Å². The smallest absolute Gasteiger partial charge is 0.485 e. The van der Waals surface area contributed by atoms with Gasteiger partial charge in [0.1, 0.15) is 12.4 Å². The van der Waals surface area contributed by atoms with Crippen molar-refractivity contribution < 1.29 is 35.5 Å². The van der Waals surface area contributed by atoms with Gasteiger partial charge in [-0.3, -0.25) is 4.79 Å². The number of carbonyl (C=O) groups is 1. The van der Waals surface area contributed by atoms with Crippen molar-refractivity contribution in [3.05, 3.63) is 53.1 Å². The number of aryl methyl sites for hydroxylation is 2. The van der Waals surface area contributed by atoms with Gasteiger partial charge >= 0.3 is 11.3 Å². The second-order valence-corrected chi connectivity index (χ2v) is 6.39. The number of hydrogen-bond acceptors (Lipinski definition) is 4. The Kier molecular flexibility index (Phi) is 6.15. The van der Waals surface area contributed by atoms with Gasteiger partial charge in [0.15, 0.2) is 10.1 Å². The van der Waals surface area contributed by atoms with Crippen LogP contribution in [0.25, 0.3) is 0 Å². The highest BCUT2D eigenvalue weighted by atomic mass is 35.5. The molecule has 0 saturated heterocycles. The molecule has 0 aliphatic heterocycles. The average Bonchev–Trinajstić information content (AvgIpc) is 2.77. The number of ketones is 1. The van der Waals surface area contributed by atoms with Crippen LogP contribution >= 0.6 is 11.6 Å². The molecule has 0 amide bonds. The van der Waals surface area contributed by atoms with E-state index in [2.05, 4.69) is 0 Å². The maximum atomic E-state index is 12.2. The van der Waals surface area contributed by atoms with Gasteiger partial charge in [-0.15, -0.1) is 0 Å². The van der Waals surface area contributed by atoms with E-state index >= 15 is 0 Å². The number of benzene rings is 1. The number of carbonyl (C=O) groups excluding carboxylic acids is 1. The van der Waals surface area contributed by atoms with Gasteiger partial charge in [-0.25, -0.2) is 17.6 Å². The van der Waals surface area contributed by atoms with E-state index < -0.39 is 15.6 Å². The first-order valence-corrected chi connectivity index (χ1v) is 7.96. The summed E-state index contributed by atoms with van der Waals surface area (Å²) in [6, 6.07) is 6.91. The fourth-order valence-corrected chi connectivity index (χ4v) is 1.77. The van der Waals surface area contributed by atoms with Crippen LogP contribution in [0.15, 0.2) is 36.7 Å². The Bertz CT molecular complexity index is 810. The second kappa shape index (κ2) is 7.32. The average molecular weight is 385 g/mol. The first kappa shape index (κ1) is 20.1. The Morgan fingerprint density at radius 2 is 1.71 bits per heavy atom. The lowest BCUT2D eigenvalue weighted by atomic mass is 10.1. The van der Waals surface area contributed by atoms with Crippen LogP contribution in [0.2, 0.25) is 5.02 Å². The molecule has 0 aliphatic rings. The summed E-state index contributed by atoms with van der Waals surface area (Å²) in [6.45, 7) is 0. The molecular formula is C13H12ClF3N2O4S. The molecule has 0 unspecified atom stereocenters. The first-order chi connectivity index (χ1) is 10.8. The summed E-state index contributed by atoms with van der Waals surface area (Å²) in [5.41, 5.74) is -5.01. The summed E-state index contributed by atoms with van der Waals surface area (Å²) < 4.78 is 62.5. The molecule has 24 heavy (non-hydrogen) atoms. The summed E-state index contributed by atoms with van der Waals surface area (Å²) in [5, 5.41) is 0.632. The predicted octanol–water partition coefficient (Wildman–Crippen LogP) is 1.79. The number of aromatic nitrogens is 2. The van der Waals surface area contributed by atoms with Crippen molar-refractivity contribution in [2.24, 2.45) is 14.1 Å². The molecule has 0 N–H and O–H groups in total. The van der Waals surface area contributed by atoms with Crippen molar-refractivity contribution in [1.82, 2.24) is 4.57 Å². The Balaban J connectivity index is 0.000000307. The van der Waals surface area contributed by atoms with Crippen LogP contribution in [0.3, 0.4) is 0 Å². The minimum absolute atomic E-state index is 0.00772.